The highest BCUT2D eigenvalue weighted by atomic mass is 32.2. The van der Waals surface area contributed by atoms with Crippen molar-refractivity contribution < 1.29 is 23.9 Å². The highest BCUT2D eigenvalue weighted by molar-refractivity contribution is 8.06. The predicted octanol–water partition coefficient (Wildman–Crippen LogP) is 1.85. The monoisotopic (exact) mass is 286 g/mol. The van der Waals surface area contributed by atoms with Gasteiger partial charge in [0.25, 0.3) is 0 Å². The fourth-order valence-corrected chi connectivity index (χ4v) is 2.58. The van der Waals surface area contributed by atoms with Crippen molar-refractivity contribution >= 4 is 29.5 Å². The van der Waals surface area contributed by atoms with Crippen molar-refractivity contribution in [2.24, 2.45) is 0 Å². The SMILES string of the molecule is CCCOC(=O)C1=C(C)C(=O)C(C(=O)OCCC)S1. The maximum absolute atomic E-state index is 11.9. The third-order valence-corrected chi connectivity index (χ3v) is 3.82. The number of Topliss-reactive ketones (excluding diaryl/α,β-unsaturated/α-hetero) is 1. The molecule has 0 radical (unpaired) electrons. The Labute approximate surface area is 116 Å². The zero-order chi connectivity index (χ0) is 14.4. The Morgan fingerprint density at radius 1 is 1.16 bits per heavy atom. The van der Waals surface area contributed by atoms with Crippen molar-refractivity contribution in [3.63, 3.8) is 0 Å². The van der Waals surface area contributed by atoms with Crippen LogP contribution < -0.4 is 0 Å². The molecular weight excluding hydrogens is 268 g/mol. The van der Waals surface area contributed by atoms with Crippen LogP contribution >= 0.6 is 11.8 Å². The van der Waals surface area contributed by atoms with E-state index in [1.165, 1.54) is 6.92 Å². The van der Waals surface area contributed by atoms with Crippen LogP contribution in [0.15, 0.2) is 10.5 Å². The lowest BCUT2D eigenvalue weighted by atomic mass is 10.1. The molecule has 106 valence electrons. The van der Waals surface area contributed by atoms with E-state index in [-0.39, 0.29) is 22.9 Å². The van der Waals surface area contributed by atoms with Crippen molar-refractivity contribution in [2.75, 3.05) is 13.2 Å². The van der Waals surface area contributed by atoms with Crippen molar-refractivity contribution in [1.82, 2.24) is 0 Å². The van der Waals surface area contributed by atoms with Gasteiger partial charge in [0, 0.05) is 5.57 Å². The van der Waals surface area contributed by atoms with Gasteiger partial charge in [-0.1, -0.05) is 25.6 Å². The Hall–Kier alpha value is -1.30. The predicted molar refractivity (Wildman–Crippen MR) is 71.6 cm³/mol. The van der Waals surface area contributed by atoms with E-state index in [1.54, 1.807) is 0 Å². The summed E-state index contributed by atoms with van der Waals surface area (Å²) in [6.45, 7) is 5.86. The van der Waals surface area contributed by atoms with E-state index in [2.05, 4.69) is 0 Å². The smallest absolute Gasteiger partial charge is 0.345 e. The number of ketones is 1. The lowest BCUT2D eigenvalue weighted by molar-refractivity contribution is -0.144. The first kappa shape index (κ1) is 15.8. The molecule has 19 heavy (non-hydrogen) atoms. The summed E-state index contributed by atoms with van der Waals surface area (Å²) in [5, 5.41) is -0.962. The van der Waals surface area contributed by atoms with Gasteiger partial charge in [0.05, 0.1) is 13.2 Å². The Morgan fingerprint density at radius 2 is 1.74 bits per heavy atom. The third-order valence-electron chi connectivity index (χ3n) is 2.47. The minimum Gasteiger partial charge on any atom is -0.465 e. The minimum absolute atomic E-state index is 0.219. The van der Waals surface area contributed by atoms with Crippen LogP contribution in [0.1, 0.15) is 33.6 Å². The molecule has 1 unspecified atom stereocenters. The Morgan fingerprint density at radius 3 is 2.32 bits per heavy atom. The molecule has 0 saturated carbocycles. The summed E-state index contributed by atoms with van der Waals surface area (Å²) in [4.78, 5) is 35.6. The van der Waals surface area contributed by atoms with Gasteiger partial charge in [0.15, 0.2) is 11.0 Å². The summed E-state index contributed by atoms with van der Waals surface area (Å²) in [5.41, 5.74) is 0.282. The molecule has 0 spiro atoms. The van der Waals surface area contributed by atoms with Gasteiger partial charge in [-0.15, -0.1) is 0 Å². The number of ether oxygens (including phenoxy) is 2. The number of carbonyl (C=O) groups excluding carboxylic acids is 3. The molecule has 0 bridgehead atoms. The zero-order valence-corrected chi connectivity index (χ0v) is 12.2. The molecule has 0 aromatic heterocycles. The number of hydrogen-bond acceptors (Lipinski definition) is 6. The van der Waals surface area contributed by atoms with Gasteiger partial charge < -0.3 is 9.47 Å². The topological polar surface area (TPSA) is 69.7 Å². The molecule has 1 atom stereocenters. The maximum atomic E-state index is 11.9. The fourth-order valence-electron chi connectivity index (χ4n) is 1.46. The molecule has 5 nitrogen and oxygen atoms in total. The second kappa shape index (κ2) is 7.33. The molecule has 1 aliphatic heterocycles. The van der Waals surface area contributed by atoms with Crippen molar-refractivity contribution in [3.05, 3.63) is 10.5 Å². The molecule has 1 heterocycles. The summed E-state index contributed by atoms with van der Waals surface area (Å²) < 4.78 is 9.92. The third kappa shape index (κ3) is 3.83. The summed E-state index contributed by atoms with van der Waals surface area (Å²) in [6, 6.07) is 0. The summed E-state index contributed by atoms with van der Waals surface area (Å²) in [5.74, 6) is -1.49. The van der Waals surface area contributed by atoms with E-state index in [1.807, 2.05) is 13.8 Å². The maximum Gasteiger partial charge on any atom is 0.345 e. The van der Waals surface area contributed by atoms with Gasteiger partial charge in [-0.05, 0) is 19.8 Å². The van der Waals surface area contributed by atoms with Gasteiger partial charge in [-0.25, -0.2) is 4.79 Å². The van der Waals surface area contributed by atoms with Crippen LogP contribution in [0.5, 0.6) is 0 Å². The average Bonchev–Trinajstić information content (AvgIpc) is 2.70. The number of carbonyl (C=O) groups is 3. The Bertz CT molecular complexity index is 413. The van der Waals surface area contributed by atoms with Crippen molar-refractivity contribution in [3.8, 4) is 0 Å². The number of hydrogen-bond donors (Lipinski definition) is 0. The van der Waals surface area contributed by atoms with E-state index in [0.29, 0.717) is 19.4 Å². The second-order valence-corrected chi connectivity index (χ2v) is 5.24. The molecule has 0 amide bonds. The fraction of sp³-hybridized carbons (Fsp3) is 0.615. The van der Waals surface area contributed by atoms with Gasteiger partial charge in [-0.3, -0.25) is 9.59 Å². The number of thioether (sulfide) groups is 1. The van der Waals surface area contributed by atoms with Gasteiger partial charge in [0.2, 0.25) is 0 Å². The molecule has 0 fully saturated rings. The lowest BCUT2D eigenvalue weighted by Gasteiger charge is -2.08. The molecule has 1 aliphatic rings. The molecule has 0 aliphatic carbocycles. The quantitative estimate of drug-likeness (QED) is 0.548. The van der Waals surface area contributed by atoms with Crippen LogP contribution in [0, 0.1) is 0 Å². The van der Waals surface area contributed by atoms with E-state index in [0.717, 1.165) is 11.8 Å². The van der Waals surface area contributed by atoms with Crippen LogP contribution in [-0.4, -0.2) is 36.2 Å². The first-order valence-electron chi connectivity index (χ1n) is 6.28. The number of allylic oxidation sites excluding steroid dienone is 1. The van der Waals surface area contributed by atoms with Crippen LogP contribution in [0.25, 0.3) is 0 Å². The number of rotatable bonds is 6. The van der Waals surface area contributed by atoms with E-state index < -0.39 is 17.2 Å². The molecule has 0 saturated heterocycles. The molecule has 0 aromatic rings. The van der Waals surface area contributed by atoms with Crippen LogP contribution in [0.4, 0.5) is 0 Å². The van der Waals surface area contributed by atoms with Crippen molar-refractivity contribution in [2.45, 2.75) is 38.9 Å². The zero-order valence-electron chi connectivity index (χ0n) is 11.4. The van der Waals surface area contributed by atoms with Crippen LogP contribution in [0.3, 0.4) is 0 Å². The largest absolute Gasteiger partial charge is 0.465 e. The van der Waals surface area contributed by atoms with Gasteiger partial charge in [0.1, 0.15) is 4.91 Å². The number of esters is 2. The molecule has 6 heteroatoms. The van der Waals surface area contributed by atoms with E-state index in [4.69, 9.17) is 9.47 Å². The minimum atomic E-state index is -0.962. The molecular formula is C13H18O5S. The highest BCUT2D eigenvalue weighted by Crippen LogP contribution is 2.36. The highest BCUT2D eigenvalue weighted by Gasteiger charge is 2.40. The van der Waals surface area contributed by atoms with Crippen LogP contribution in [0.2, 0.25) is 0 Å². The van der Waals surface area contributed by atoms with E-state index >= 15 is 0 Å². The Kier molecular flexibility index (Phi) is 6.08. The van der Waals surface area contributed by atoms with Crippen molar-refractivity contribution in [1.29, 1.82) is 0 Å². The molecule has 0 N–H and O–H groups in total. The second-order valence-electron chi connectivity index (χ2n) is 4.12. The normalized spacial score (nSPS) is 18.7. The van der Waals surface area contributed by atoms with E-state index in [9.17, 15) is 14.4 Å². The first-order chi connectivity index (χ1) is 9.02. The standard InChI is InChI=1S/C13H18O5S/c1-4-6-17-12(15)10-8(3)9(14)11(19-10)13(16)18-7-5-2/h11H,4-7H2,1-3H3. The molecule has 0 aromatic carbocycles. The summed E-state index contributed by atoms with van der Waals surface area (Å²) in [7, 11) is 0. The first-order valence-corrected chi connectivity index (χ1v) is 7.16. The van der Waals surface area contributed by atoms with Crippen LogP contribution in [-0.2, 0) is 23.9 Å². The van der Waals surface area contributed by atoms with Gasteiger partial charge in [-0.2, -0.15) is 0 Å². The lowest BCUT2D eigenvalue weighted by Crippen LogP contribution is -2.26. The molecule has 1 rings (SSSR count). The average molecular weight is 286 g/mol. The summed E-state index contributed by atoms with van der Waals surface area (Å²) in [6.07, 6.45) is 1.40. The summed E-state index contributed by atoms with van der Waals surface area (Å²) >= 11 is 0.925. The van der Waals surface area contributed by atoms with Gasteiger partial charge >= 0.3 is 11.9 Å². The Balaban J connectivity index is 2.69.